The average Bonchev–Trinajstić information content (AvgIpc) is 2.79. The molecule has 0 unspecified atom stereocenters. The molecule has 0 fully saturated rings. The van der Waals surface area contributed by atoms with Gasteiger partial charge in [0.1, 0.15) is 0 Å². The van der Waals surface area contributed by atoms with E-state index in [2.05, 4.69) is 5.32 Å². The van der Waals surface area contributed by atoms with Gasteiger partial charge in [0.2, 0.25) is 26.0 Å². The van der Waals surface area contributed by atoms with Crippen molar-refractivity contribution >= 4 is 31.6 Å². The number of aryl methyl sites for hydroxylation is 4. The molecule has 0 spiro atoms. The molecule has 0 aromatic heterocycles. The number of anilines is 1. The number of carbonyl (C=O) groups is 1. The highest BCUT2D eigenvalue weighted by Crippen LogP contribution is 2.27. The fraction of sp³-hybridized carbons (Fsp3) is 0.296. The maximum Gasteiger partial charge on any atom is 0.244 e. The van der Waals surface area contributed by atoms with E-state index in [1.54, 1.807) is 51.1 Å². The van der Waals surface area contributed by atoms with Crippen LogP contribution < -0.4 is 5.32 Å². The number of amides is 1. The van der Waals surface area contributed by atoms with Crippen LogP contribution in [0.3, 0.4) is 0 Å². The third-order valence-corrected chi connectivity index (χ3v) is 9.89. The Kier molecular flexibility index (Phi) is 8.59. The lowest BCUT2D eigenvalue weighted by atomic mass is 10.1. The first-order chi connectivity index (χ1) is 17.2. The summed E-state index contributed by atoms with van der Waals surface area (Å²) in [5.74, 6) is -0.579. The summed E-state index contributed by atoms with van der Waals surface area (Å²) in [5, 5.41) is 2.71. The van der Waals surface area contributed by atoms with E-state index < -0.39 is 32.5 Å². The van der Waals surface area contributed by atoms with Gasteiger partial charge in [-0.1, -0.05) is 54.1 Å². The van der Waals surface area contributed by atoms with Gasteiger partial charge < -0.3 is 5.32 Å². The third kappa shape index (κ3) is 6.45. The Bertz CT molecular complexity index is 1490. The molecule has 10 heteroatoms. The first kappa shape index (κ1) is 28.5. The van der Waals surface area contributed by atoms with Crippen LogP contribution in [0.5, 0.6) is 0 Å². The van der Waals surface area contributed by atoms with Crippen molar-refractivity contribution in [2.75, 3.05) is 26.0 Å². The van der Waals surface area contributed by atoms with Crippen LogP contribution in [0.2, 0.25) is 0 Å². The SMILES string of the molecule is Cc1cc(C)c(S(=O)(=O)N(CC(=O)Nc2cc(S(=O)(=O)N(C)C)ccc2C)Cc2ccccc2)c(C)c1. The Morgan fingerprint density at radius 1 is 0.784 bits per heavy atom. The number of sulfonamides is 2. The van der Waals surface area contributed by atoms with E-state index in [0.717, 1.165) is 19.7 Å². The van der Waals surface area contributed by atoms with Gasteiger partial charge >= 0.3 is 0 Å². The van der Waals surface area contributed by atoms with Crippen LogP contribution in [0.1, 0.15) is 27.8 Å². The Morgan fingerprint density at radius 2 is 1.38 bits per heavy atom. The van der Waals surface area contributed by atoms with Crippen molar-refractivity contribution in [2.45, 2.75) is 44.0 Å². The predicted molar refractivity (Wildman–Crippen MR) is 145 cm³/mol. The monoisotopic (exact) mass is 543 g/mol. The van der Waals surface area contributed by atoms with Gasteiger partial charge in [-0.25, -0.2) is 21.1 Å². The van der Waals surface area contributed by atoms with E-state index in [0.29, 0.717) is 22.4 Å². The second-order valence-electron chi connectivity index (χ2n) is 9.30. The average molecular weight is 544 g/mol. The molecule has 0 heterocycles. The van der Waals surface area contributed by atoms with Gasteiger partial charge in [0.25, 0.3) is 0 Å². The highest BCUT2D eigenvalue weighted by molar-refractivity contribution is 7.89. The highest BCUT2D eigenvalue weighted by atomic mass is 32.2. The van der Waals surface area contributed by atoms with E-state index >= 15 is 0 Å². The van der Waals surface area contributed by atoms with E-state index in [-0.39, 0.29) is 16.3 Å². The normalized spacial score (nSPS) is 12.2. The molecule has 0 bridgehead atoms. The van der Waals surface area contributed by atoms with Crippen molar-refractivity contribution in [3.8, 4) is 0 Å². The minimum absolute atomic E-state index is 0.00260. The number of nitrogens with zero attached hydrogens (tertiary/aromatic N) is 2. The first-order valence-corrected chi connectivity index (χ1v) is 14.6. The van der Waals surface area contributed by atoms with Gasteiger partial charge in [0, 0.05) is 26.3 Å². The van der Waals surface area contributed by atoms with Gasteiger partial charge in [-0.05, 0) is 62.1 Å². The van der Waals surface area contributed by atoms with Crippen molar-refractivity contribution in [1.82, 2.24) is 8.61 Å². The molecule has 3 aromatic rings. The summed E-state index contributed by atoms with van der Waals surface area (Å²) < 4.78 is 55.1. The Morgan fingerprint density at radius 3 is 1.95 bits per heavy atom. The maximum atomic E-state index is 13.9. The zero-order chi connectivity index (χ0) is 27.5. The topological polar surface area (TPSA) is 104 Å². The molecule has 3 aromatic carbocycles. The first-order valence-electron chi connectivity index (χ1n) is 11.7. The number of hydrogen-bond acceptors (Lipinski definition) is 5. The van der Waals surface area contributed by atoms with Crippen molar-refractivity contribution in [3.05, 3.63) is 88.5 Å². The summed E-state index contributed by atoms with van der Waals surface area (Å²) in [6.45, 7) is 6.67. The minimum Gasteiger partial charge on any atom is -0.325 e. The van der Waals surface area contributed by atoms with Crippen LogP contribution in [0.15, 0.2) is 70.5 Å². The molecule has 0 aliphatic rings. The molecule has 1 N–H and O–H groups in total. The van der Waals surface area contributed by atoms with Gasteiger partial charge in [-0.15, -0.1) is 0 Å². The second kappa shape index (κ2) is 11.1. The van der Waals surface area contributed by atoms with Crippen LogP contribution in [0, 0.1) is 27.7 Å². The number of nitrogens with one attached hydrogen (secondary N) is 1. The Hall–Kier alpha value is -3.05. The van der Waals surface area contributed by atoms with E-state index in [4.69, 9.17) is 0 Å². The molecule has 0 atom stereocenters. The molecular weight excluding hydrogens is 510 g/mol. The molecule has 3 rings (SSSR count). The lowest BCUT2D eigenvalue weighted by Gasteiger charge is -2.24. The molecule has 0 aliphatic heterocycles. The number of carbonyl (C=O) groups excluding carboxylic acids is 1. The summed E-state index contributed by atoms with van der Waals surface area (Å²) in [5.41, 5.74) is 3.84. The lowest BCUT2D eigenvalue weighted by molar-refractivity contribution is -0.116. The Balaban J connectivity index is 1.98. The standard InChI is InChI=1S/C27H33N3O5S2/c1-19-14-21(3)27(22(4)15-19)37(34,35)30(17-23-10-8-7-9-11-23)18-26(31)28-25-16-24(13-12-20(25)2)36(32,33)29(5)6/h7-16H,17-18H2,1-6H3,(H,28,31). The largest absolute Gasteiger partial charge is 0.325 e. The molecule has 0 saturated carbocycles. The van der Waals surface area contributed by atoms with Crippen molar-refractivity contribution in [3.63, 3.8) is 0 Å². The second-order valence-corrected chi connectivity index (χ2v) is 13.3. The highest BCUT2D eigenvalue weighted by Gasteiger charge is 2.30. The Labute approximate surface area is 220 Å². The van der Waals surface area contributed by atoms with Gasteiger partial charge in [0.05, 0.1) is 16.3 Å². The number of hydrogen-bond donors (Lipinski definition) is 1. The summed E-state index contributed by atoms with van der Waals surface area (Å²) in [7, 11) is -4.91. The zero-order valence-electron chi connectivity index (χ0n) is 21.9. The maximum absolute atomic E-state index is 13.9. The molecular formula is C27H33N3O5S2. The lowest BCUT2D eigenvalue weighted by Crippen LogP contribution is -2.38. The minimum atomic E-state index is -4.05. The summed E-state index contributed by atoms with van der Waals surface area (Å²) in [6.07, 6.45) is 0. The smallest absolute Gasteiger partial charge is 0.244 e. The van der Waals surface area contributed by atoms with Crippen molar-refractivity contribution in [1.29, 1.82) is 0 Å². The van der Waals surface area contributed by atoms with Gasteiger partial charge in [-0.2, -0.15) is 4.31 Å². The summed E-state index contributed by atoms with van der Waals surface area (Å²) in [6, 6.07) is 17.1. The molecule has 8 nitrogen and oxygen atoms in total. The van der Waals surface area contributed by atoms with E-state index in [9.17, 15) is 21.6 Å². The van der Waals surface area contributed by atoms with Crippen LogP contribution >= 0.6 is 0 Å². The van der Waals surface area contributed by atoms with Crippen LogP contribution in [0.4, 0.5) is 5.69 Å². The molecule has 0 aliphatic carbocycles. The molecule has 0 saturated heterocycles. The fourth-order valence-corrected chi connectivity index (χ4v) is 6.90. The predicted octanol–water partition coefficient (Wildman–Crippen LogP) is 4.00. The van der Waals surface area contributed by atoms with E-state index in [1.165, 1.54) is 26.2 Å². The fourth-order valence-electron chi connectivity index (χ4n) is 4.17. The van der Waals surface area contributed by atoms with Crippen LogP contribution in [-0.4, -0.2) is 52.0 Å². The van der Waals surface area contributed by atoms with Crippen molar-refractivity contribution < 1.29 is 21.6 Å². The quantitative estimate of drug-likeness (QED) is 0.439. The molecule has 198 valence electrons. The van der Waals surface area contributed by atoms with Crippen LogP contribution in [-0.2, 0) is 31.4 Å². The molecule has 0 radical (unpaired) electrons. The summed E-state index contributed by atoms with van der Waals surface area (Å²) >= 11 is 0. The molecule has 37 heavy (non-hydrogen) atoms. The van der Waals surface area contributed by atoms with Crippen LogP contribution in [0.25, 0.3) is 0 Å². The number of rotatable bonds is 9. The zero-order valence-corrected chi connectivity index (χ0v) is 23.6. The number of benzene rings is 3. The van der Waals surface area contributed by atoms with Crippen molar-refractivity contribution in [2.24, 2.45) is 0 Å². The van der Waals surface area contributed by atoms with Gasteiger partial charge in [-0.3, -0.25) is 4.79 Å². The van der Waals surface area contributed by atoms with E-state index in [1.807, 2.05) is 25.1 Å². The summed E-state index contributed by atoms with van der Waals surface area (Å²) in [4.78, 5) is 13.4. The van der Waals surface area contributed by atoms with Gasteiger partial charge in [0.15, 0.2) is 0 Å². The third-order valence-electron chi connectivity index (χ3n) is 5.99. The molecule has 1 amide bonds.